The van der Waals surface area contributed by atoms with Gasteiger partial charge >= 0.3 is 0 Å². The molecular weight excluding hydrogens is 400 g/mol. The van der Waals surface area contributed by atoms with Gasteiger partial charge in [0.2, 0.25) is 0 Å². The Morgan fingerprint density at radius 2 is 1.11 bits per heavy atom. The van der Waals surface area contributed by atoms with Gasteiger partial charge in [-0.3, -0.25) is 10.8 Å². The Kier molecular flexibility index (Phi) is 12.0. The molecule has 0 aliphatic heterocycles. The van der Waals surface area contributed by atoms with E-state index >= 15 is 0 Å². The molecule has 0 saturated heterocycles. The summed E-state index contributed by atoms with van der Waals surface area (Å²) < 4.78 is 0. The van der Waals surface area contributed by atoms with E-state index in [2.05, 4.69) is 0 Å². The van der Waals surface area contributed by atoms with Crippen LogP contribution in [0, 0.1) is 10.8 Å². The molecule has 0 bridgehead atoms. The fraction of sp³-hybridized carbons (Fsp3) is 0.200. The van der Waals surface area contributed by atoms with Crippen molar-refractivity contribution >= 4 is 67.8 Å². The molecule has 0 radical (unpaired) electrons. The normalized spacial score (nSPS) is 8.89. The second kappa shape index (κ2) is 10.7. The van der Waals surface area contributed by atoms with E-state index in [1.807, 2.05) is 24.3 Å². The topological polar surface area (TPSA) is 99.7 Å². The fourth-order valence-corrected chi connectivity index (χ4v) is 2.08. The number of hydrogen-bond acceptors (Lipinski definition) is 4. The van der Waals surface area contributed by atoms with E-state index in [1.165, 1.54) is 23.5 Å². The lowest BCUT2D eigenvalue weighted by Gasteiger charge is -2.03. The first-order chi connectivity index (χ1) is 7.58. The van der Waals surface area contributed by atoms with Crippen LogP contribution in [0.25, 0.3) is 0 Å². The maximum atomic E-state index is 7.10. The van der Waals surface area contributed by atoms with Crippen LogP contribution in [0.2, 0.25) is 0 Å². The minimum atomic E-state index is 0. The zero-order chi connectivity index (χ0) is 12.0. The van der Waals surface area contributed by atoms with Gasteiger partial charge in [0.15, 0.2) is 10.3 Å². The molecule has 0 atom stereocenters. The third-order valence-corrected chi connectivity index (χ3v) is 3.39. The summed E-state index contributed by atoms with van der Waals surface area (Å²) in [5.41, 5.74) is 12.8. The van der Waals surface area contributed by atoms with Crippen molar-refractivity contribution in [3.05, 3.63) is 35.4 Å². The van der Waals surface area contributed by atoms with E-state index < -0.39 is 0 Å². The fourth-order valence-electron chi connectivity index (χ4n) is 1.05. The number of halogens is 2. The summed E-state index contributed by atoms with van der Waals surface area (Å²) in [6.45, 7) is 0. The molecule has 1 rings (SSSR count). The molecule has 0 aromatic heterocycles. The molecule has 0 heterocycles. The van der Waals surface area contributed by atoms with Gasteiger partial charge in [-0.2, -0.15) is 0 Å². The van der Waals surface area contributed by atoms with Gasteiger partial charge in [-0.15, -0.1) is 34.0 Å². The van der Waals surface area contributed by atoms with Crippen molar-refractivity contribution in [1.82, 2.24) is 0 Å². The molecule has 6 N–H and O–H groups in total. The molecule has 0 amide bonds. The van der Waals surface area contributed by atoms with Gasteiger partial charge in [0.05, 0.1) is 0 Å². The summed E-state index contributed by atoms with van der Waals surface area (Å²) in [5, 5.41) is 14.5. The summed E-state index contributed by atoms with van der Waals surface area (Å²) in [6.07, 6.45) is 0. The van der Waals surface area contributed by atoms with Crippen LogP contribution in [0.3, 0.4) is 0 Å². The molecule has 1 aromatic carbocycles. The molecule has 102 valence electrons. The van der Waals surface area contributed by atoms with E-state index in [4.69, 9.17) is 22.3 Å². The highest BCUT2D eigenvalue weighted by Gasteiger charge is 1.98. The third kappa shape index (κ3) is 8.84. The summed E-state index contributed by atoms with van der Waals surface area (Å²) >= 11 is 2.62. The SMILES string of the molecule is Br.Br.N=C(N)SCc1ccc(CSC(=N)N)cc1. The first-order valence-electron chi connectivity index (χ1n) is 4.59. The average Bonchev–Trinajstić information content (AvgIpc) is 2.25. The highest BCUT2D eigenvalue weighted by Crippen LogP contribution is 2.15. The number of nitrogens with two attached hydrogens (primary N) is 2. The van der Waals surface area contributed by atoms with Gasteiger partial charge in [0.1, 0.15) is 0 Å². The summed E-state index contributed by atoms with van der Waals surface area (Å²) in [4.78, 5) is 0. The minimum absolute atomic E-state index is 0. The summed E-state index contributed by atoms with van der Waals surface area (Å²) in [7, 11) is 0. The monoisotopic (exact) mass is 414 g/mol. The lowest BCUT2D eigenvalue weighted by molar-refractivity contribution is 1.35. The van der Waals surface area contributed by atoms with Crippen molar-refractivity contribution in [3.8, 4) is 0 Å². The average molecular weight is 416 g/mol. The van der Waals surface area contributed by atoms with Crippen molar-refractivity contribution < 1.29 is 0 Å². The molecule has 0 fully saturated rings. The first kappa shape index (κ1) is 20.1. The predicted molar refractivity (Wildman–Crippen MR) is 93.5 cm³/mol. The van der Waals surface area contributed by atoms with Gasteiger partial charge in [0, 0.05) is 11.5 Å². The number of rotatable bonds is 4. The first-order valence-corrected chi connectivity index (χ1v) is 6.56. The molecule has 0 unspecified atom stereocenters. The Morgan fingerprint density at radius 1 is 0.833 bits per heavy atom. The molecule has 8 heteroatoms. The second-order valence-electron chi connectivity index (χ2n) is 3.12. The Bertz CT molecular complexity index is 347. The van der Waals surface area contributed by atoms with Crippen LogP contribution in [0.4, 0.5) is 0 Å². The largest absolute Gasteiger partial charge is 0.379 e. The van der Waals surface area contributed by atoms with Gasteiger partial charge in [-0.1, -0.05) is 47.8 Å². The Labute approximate surface area is 136 Å². The van der Waals surface area contributed by atoms with Crippen molar-refractivity contribution in [2.75, 3.05) is 0 Å². The van der Waals surface area contributed by atoms with Gasteiger partial charge in [-0.25, -0.2) is 0 Å². The molecule has 0 aliphatic rings. The van der Waals surface area contributed by atoms with Crippen LogP contribution in [-0.4, -0.2) is 10.3 Å². The van der Waals surface area contributed by atoms with E-state index in [0.717, 1.165) is 22.6 Å². The van der Waals surface area contributed by atoms with Gasteiger partial charge < -0.3 is 11.5 Å². The summed E-state index contributed by atoms with van der Waals surface area (Å²) in [6, 6.07) is 8.02. The number of nitrogens with one attached hydrogen (secondary N) is 2. The lowest BCUT2D eigenvalue weighted by atomic mass is 10.2. The van der Waals surface area contributed by atoms with Crippen molar-refractivity contribution in [3.63, 3.8) is 0 Å². The Hall–Kier alpha value is -0.180. The molecule has 0 aliphatic carbocycles. The number of benzene rings is 1. The highest BCUT2D eigenvalue weighted by molar-refractivity contribution is 8.93. The standard InChI is InChI=1S/C10H14N4S2.2BrH/c11-9(12)15-5-7-1-2-8(4-3-7)6-16-10(13)14;;/h1-4H,5-6H2,(H3,11,12)(H3,13,14);2*1H. The quantitative estimate of drug-likeness (QED) is 0.448. The number of hydrogen-bond donors (Lipinski definition) is 4. The predicted octanol–water partition coefficient (Wildman–Crippen LogP) is 3.10. The van der Waals surface area contributed by atoms with Crippen molar-refractivity contribution in [2.45, 2.75) is 11.5 Å². The van der Waals surface area contributed by atoms with Crippen molar-refractivity contribution in [2.24, 2.45) is 11.5 Å². The second-order valence-corrected chi connectivity index (χ2v) is 5.16. The van der Waals surface area contributed by atoms with Crippen LogP contribution in [0.15, 0.2) is 24.3 Å². The van der Waals surface area contributed by atoms with Crippen LogP contribution in [0.5, 0.6) is 0 Å². The van der Waals surface area contributed by atoms with Crippen LogP contribution >= 0.6 is 57.5 Å². The molecule has 0 spiro atoms. The Balaban J connectivity index is 0. The van der Waals surface area contributed by atoms with Crippen LogP contribution < -0.4 is 11.5 Å². The molecule has 1 aromatic rings. The van der Waals surface area contributed by atoms with E-state index in [0.29, 0.717) is 0 Å². The molecule has 0 saturated carbocycles. The lowest BCUT2D eigenvalue weighted by Crippen LogP contribution is -2.04. The van der Waals surface area contributed by atoms with Gasteiger partial charge in [-0.05, 0) is 11.1 Å². The van der Waals surface area contributed by atoms with E-state index in [-0.39, 0.29) is 44.3 Å². The third-order valence-electron chi connectivity index (χ3n) is 1.81. The molecule has 18 heavy (non-hydrogen) atoms. The van der Waals surface area contributed by atoms with Gasteiger partial charge in [0.25, 0.3) is 0 Å². The minimum Gasteiger partial charge on any atom is -0.379 e. The zero-order valence-corrected chi connectivity index (χ0v) is 14.6. The Morgan fingerprint density at radius 3 is 1.33 bits per heavy atom. The van der Waals surface area contributed by atoms with E-state index in [9.17, 15) is 0 Å². The highest BCUT2D eigenvalue weighted by atomic mass is 79.9. The zero-order valence-electron chi connectivity index (χ0n) is 9.51. The number of amidine groups is 2. The molecular formula is C10H16Br2N4S2. The van der Waals surface area contributed by atoms with E-state index in [1.54, 1.807) is 0 Å². The van der Waals surface area contributed by atoms with Crippen LogP contribution in [-0.2, 0) is 11.5 Å². The smallest absolute Gasteiger partial charge is 0.151 e. The summed E-state index contributed by atoms with van der Waals surface area (Å²) in [5.74, 6) is 1.44. The number of thioether (sulfide) groups is 2. The van der Waals surface area contributed by atoms with Crippen molar-refractivity contribution in [1.29, 1.82) is 10.8 Å². The maximum absolute atomic E-state index is 7.10. The maximum Gasteiger partial charge on any atom is 0.151 e. The molecule has 4 nitrogen and oxygen atoms in total. The van der Waals surface area contributed by atoms with Crippen LogP contribution in [0.1, 0.15) is 11.1 Å².